The molecule has 4 rings (SSSR count). The van der Waals surface area contributed by atoms with Gasteiger partial charge in [-0.15, -0.1) is 24.9 Å². The molecule has 0 aromatic heterocycles. The van der Waals surface area contributed by atoms with Gasteiger partial charge < -0.3 is 19.6 Å². The summed E-state index contributed by atoms with van der Waals surface area (Å²) in [4.78, 5) is 45.7. The summed E-state index contributed by atoms with van der Waals surface area (Å²) in [5, 5.41) is 10.5. The largest absolute Gasteiger partial charge is 0.465 e. The number of unbranched alkanes of at least 4 members (excludes halogenated alkanes) is 1. The molecule has 3 aliphatic heterocycles. The number of hydrogen-bond acceptors (Lipinski definition) is 6. The number of fused-ring (bicyclic) bond motifs is 1. The van der Waals surface area contributed by atoms with Gasteiger partial charge in [0, 0.05) is 17.3 Å². The quantitative estimate of drug-likeness (QED) is 0.239. The third kappa shape index (κ3) is 5.42. The minimum absolute atomic E-state index is 0.0625. The number of nitrogens with zero attached hydrogens (tertiary/aromatic N) is 2. The van der Waals surface area contributed by atoms with Crippen molar-refractivity contribution in [1.82, 2.24) is 9.80 Å². The number of rotatable bonds is 12. The van der Waals surface area contributed by atoms with E-state index in [-0.39, 0.29) is 36.2 Å². The Balaban J connectivity index is 1.74. The Morgan fingerprint density at radius 2 is 1.97 bits per heavy atom. The molecule has 7 nitrogen and oxygen atoms in total. The fraction of sp³-hybridized carbons (Fsp3) is 0.581. The molecular weight excluding hydrogens is 512 g/mol. The first-order chi connectivity index (χ1) is 18.6. The van der Waals surface area contributed by atoms with Crippen LogP contribution in [0.15, 0.2) is 55.6 Å². The Labute approximate surface area is 236 Å². The van der Waals surface area contributed by atoms with Gasteiger partial charge in [0.1, 0.15) is 6.04 Å². The minimum atomic E-state index is -0.788. The fourth-order valence-corrected chi connectivity index (χ4v) is 8.82. The normalized spacial score (nSPS) is 28.2. The number of aliphatic hydroxyl groups is 1. The van der Waals surface area contributed by atoms with Crippen LogP contribution in [0, 0.1) is 11.8 Å². The van der Waals surface area contributed by atoms with E-state index in [1.54, 1.807) is 33.7 Å². The van der Waals surface area contributed by atoms with Crippen molar-refractivity contribution in [2.75, 3.05) is 19.8 Å². The molecule has 3 fully saturated rings. The highest BCUT2D eigenvalue weighted by Crippen LogP contribution is 2.67. The molecule has 8 heteroatoms. The van der Waals surface area contributed by atoms with Crippen LogP contribution < -0.4 is 0 Å². The smallest absolute Gasteiger partial charge is 0.310 e. The number of ether oxygens (including phenoxy) is 1. The summed E-state index contributed by atoms with van der Waals surface area (Å²) in [5.74, 6) is -1.99. The predicted molar refractivity (Wildman–Crippen MR) is 154 cm³/mol. The molecule has 1 aromatic rings. The van der Waals surface area contributed by atoms with Gasteiger partial charge in [0.05, 0.1) is 35.8 Å². The van der Waals surface area contributed by atoms with E-state index in [2.05, 4.69) is 13.2 Å². The highest BCUT2D eigenvalue weighted by Gasteiger charge is 2.75. The van der Waals surface area contributed by atoms with Gasteiger partial charge in [0.25, 0.3) is 0 Å². The SMILES string of the molecule is C=CCCCOC(=O)[C@@H]1[C@@H]2CCC3(S2)C(C(=O)N(CC=C)C(C)(C)C)N([C@@H](CO)Cc2ccccc2)C(=O)[C@H]13. The lowest BCUT2D eigenvalue weighted by atomic mass is 9.71. The van der Waals surface area contributed by atoms with Crippen LogP contribution >= 0.6 is 11.8 Å². The molecule has 1 aromatic carbocycles. The summed E-state index contributed by atoms with van der Waals surface area (Å²) in [5.41, 5.74) is 0.465. The molecule has 0 saturated carbocycles. The fourth-order valence-electron chi connectivity index (χ4n) is 6.64. The van der Waals surface area contributed by atoms with Crippen LogP contribution in [0.4, 0.5) is 0 Å². The molecule has 1 spiro atoms. The number of allylic oxidation sites excluding steroid dienone is 1. The molecule has 0 radical (unpaired) electrons. The van der Waals surface area contributed by atoms with Crippen LogP contribution in [0.5, 0.6) is 0 Å². The van der Waals surface area contributed by atoms with Crippen molar-refractivity contribution in [3.8, 4) is 0 Å². The minimum Gasteiger partial charge on any atom is -0.465 e. The summed E-state index contributed by atoms with van der Waals surface area (Å²) in [6, 6.07) is 8.31. The third-order valence-electron chi connectivity index (χ3n) is 8.35. The molecule has 3 saturated heterocycles. The Bertz CT molecular complexity index is 1090. The number of likely N-dealkylation sites (tertiary alicyclic amines) is 1. The summed E-state index contributed by atoms with van der Waals surface area (Å²) in [7, 11) is 0. The number of carbonyl (C=O) groups excluding carboxylic acids is 3. The van der Waals surface area contributed by atoms with Gasteiger partial charge in [-0.25, -0.2) is 0 Å². The van der Waals surface area contributed by atoms with Crippen LogP contribution in [-0.4, -0.2) is 80.1 Å². The predicted octanol–water partition coefficient (Wildman–Crippen LogP) is 4.00. The van der Waals surface area contributed by atoms with Crippen LogP contribution in [0.3, 0.4) is 0 Å². The Hall–Kier alpha value is -2.58. The highest BCUT2D eigenvalue weighted by molar-refractivity contribution is 8.02. The second kappa shape index (κ2) is 11.9. The standard InChI is InChI=1S/C31H42N2O5S/c1-6-8-12-18-38-29(37)24-23-15-16-31(39-23)25(24)27(35)33(22(20-34)19-21-13-10-9-11-14-21)26(31)28(36)32(17-7-2)30(3,4)5/h6-7,9-11,13-14,22-26,34H,1-2,8,12,15-20H2,3-5H3/t22-,23+,24-,25+,26?,31?/m1/s1. The Kier molecular flexibility index (Phi) is 8.96. The zero-order valence-corrected chi connectivity index (χ0v) is 24.2. The Morgan fingerprint density at radius 1 is 1.26 bits per heavy atom. The molecule has 3 aliphatic rings. The van der Waals surface area contributed by atoms with E-state index in [0.29, 0.717) is 25.8 Å². The number of carbonyl (C=O) groups is 3. The van der Waals surface area contributed by atoms with Crippen LogP contribution in [0.1, 0.15) is 52.0 Å². The molecule has 2 bridgehead atoms. The van der Waals surface area contributed by atoms with Crippen molar-refractivity contribution < 1.29 is 24.2 Å². The van der Waals surface area contributed by atoms with E-state index < -0.39 is 34.2 Å². The van der Waals surface area contributed by atoms with Crippen molar-refractivity contribution in [2.45, 2.75) is 80.5 Å². The number of hydrogen-bond donors (Lipinski definition) is 1. The maximum atomic E-state index is 14.5. The van der Waals surface area contributed by atoms with E-state index in [0.717, 1.165) is 18.4 Å². The van der Waals surface area contributed by atoms with Crippen molar-refractivity contribution in [3.63, 3.8) is 0 Å². The highest BCUT2D eigenvalue weighted by atomic mass is 32.2. The molecule has 3 heterocycles. The van der Waals surface area contributed by atoms with Crippen molar-refractivity contribution in [2.24, 2.45) is 11.8 Å². The molecule has 1 N–H and O–H groups in total. The molecule has 0 aliphatic carbocycles. The van der Waals surface area contributed by atoms with E-state index in [4.69, 9.17) is 4.74 Å². The van der Waals surface area contributed by atoms with Gasteiger partial charge >= 0.3 is 5.97 Å². The van der Waals surface area contributed by atoms with Crippen molar-refractivity contribution in [3.05, 3.63) is 61.2 Å². The van der Waals surface area contributed by atoms with Crippen LogP contribution in [0.25, 0.3) is 0 Å². The number of esters is 1. The molecule has 2 amide bonds. The average Bonchev–Trinajstić information content (AvgIpc) is 3.55. The number of aliphatic hydroxyl groups excluding tert-OH is 1. The van der Waals surface area contributed by atoms with Gasteiger partial charge in [0.15, 0.2) is 0 Å². The van der Waals surface area contributed by atoms with Crippen molar-refractivity contribution >= 4 is 29.5 Å². The van der Waals surface area contributed by atoms with E-state index in [1.807, 2.05) is 51.1 Å². The third-order valence-corrected chi connectivity index (χ3v) is 10.3. The summed E-state index contributed by atoms with van der Waals surface area (Å²) < 4.78 is 4.92. The van der Waals surface area contributed by atoms with Gasteiger partial charge in [-0.2, -0.15) is 0 Å². The zero-order chi connectivity index (χ0) is 28.4. The number of thioether (sulfide) groups is 1. The molecule has 39 heavy (non-hydrogen) atoms. The van der Waals surface area contributed by atoms with E-state index in [9.17, 15) is 19.5 Å². The van der Waals surface area contributed by atoms with Crippen LogP contribution in [0.2, 0.25) is 0 Å². The van der Waals surface area contributed by atoms with Gasteiger partial charge in [-0.1, -0.05) is 42.5 Å². The van der Waals surface area contributed by atoms with E-state index >= 15 is 0 Å². The monoisotopic (exact) mass is 554 g/mol. The first-order valence-electron chi connectivity index (χ1n) is 14.0. The lowest BCUT2D eigenvalue weighted by molar-refractivity contribution is -0.154. The lowest BCUT2D eigenvalue weighted by Crippen LogP contribution is -2.60. The van der Waals surface area contributed by atoms with Gasteiger partial charge in [-0.3, -0.25) is 14.4 Å². The Morgan fingerprint density at radius 3 is 2.59 bits per heavy atom. The van der Waals surface area contributed by atoms with Gasteiger partial charge in [-0.05, 0) is 58.4 Å². The van der Waals surface area contributed by atoms with Crippen molar-refractivity contribution in [1.29, 1.82) is 0 Å². The maximum Gasteiger partial charge on any atom is 0.310 e. The first kappa shape index (κ1) is 29.4. The first-order valence-corrected chi connectivity index (χ1v) is 14.8. The molecule has 2 unspecified atom stereocenters. The lowest BCUT2D eigenvalue weighted by Gasteiger charge is -2.43. The maximum absolute atomic E-state index is 14.5. The van der Waals surface area contributed by atoms with Crippen LogP contribution in [-0.2, 0) is 25.5 Å². The zero-order valence-electron chi connectivity index (χ0n) is 23.4. The summed E-state index contributed by atoms with van der Waals surface area (Å²) >= 11 is 1.62. The average molecular weight is 555 g/mol. The molecular formula is C31H42N2O5S. The number of benzene rings is 1. The topological polar surface area (TPSA) is 87.2 Å². The van der Waals surface area contributed by atoms with E-state index in [1.165, 1.54) is 0 Å². The second-order valence-corrected chi connectivity index (χ2v) is 13.4. The summed E-state index contributed by atoms with van der Waals surface area (Å²) in [6.45, 7) is 13.8. The number of amides is 2. The summed E-state index contributed by atoms with van der Waals surface area (Å²) in [6.07, 6.45) is 6.75. The second-order valence-electron chi connectivity index (χ2n) is 11.8. The van der Waals surface area contributed by atoms with Gasteiger partial charge in [0.2, 0.25) is 11.8 Å². The molecule has 6 atom stereocenters. The molecule has 212 valence electrons.